The van der Waals surface area contributed by atoms with E-state index in [4.69, 9.17) is 10.5 Å². The van der Waals surface area contributed by atoms with E-state index in [9.17, 15) is 4.79 Å². The molecule has 4 nitrogen and oxygen atoms in total. The summed E-state index contributed by atoms with van der Waals surface area (Å²) < 4.78 is 5.35. The fourth-order valence-corrected chi connectivity index (χ4v) is 2.52. The highest BCUT2D eigenvalue weighted by atomic mass is 16.5. The number of carbonyl (C=O) groups excluding carboxylic acids is 1. The topological polar surface area (TPSA) is 55.6 Å². The molecule has 0 aliphatic carbocycles. The molecule has 2 rings (SSSR count). The Morgan fingerprint density at radius 2 is 2.13 bits per heavy atom. The Kier molecular flexibility index (Phi) is 2.98. The first-order valence-electron chi connectivity index (χ1n) is 5.78. The van der Waals surface area contributed by atoms with Crippen LogP contribution in [0, 0.1) is 0 Å². The lowest BCUT2D eigenvalue weighted by atomic mass is 9.87. The molecule has 2 aliphatic rings. The Bertz CT molecular complexity index is 249. The fourth-order valence-electron chi connectivity index (χ4n) is 2.52. The van der Waals surface area contributed by atoms with Gasteiger partial charge in [0.15, 0.2) is 0 Å². The predicted octanol–water partition coefficient (Wildman–Crippen LogP) is 0.505. The summed E-state index contributed by atoms with van der Waals surface area (Å²) in [7, 11) is 0. The molecule has 15 heavy (non-hydrogen) atoms. The van der Waals surface area contributed by atoms with E-state index in [1.165, 1.54) is 0 Å². The lowest BCUT2D eigenvalue weighted by Crippen LogP contribution is -2.59. The molecule has 1 unspecified atom stereocenters. The molecule has 0 spiro atoms. The van der Waals surface area contributed by atoms with Crippen molar-refractivity contribution in [3.05, 3.63) is 0 Å². The zero-order valence-corrected chi connectivity index (χ0v) is 9.37. The number of hydrogen-bond donors (Lipinski definition) is 1. The first-order chi connectivity index (χ1) is 7.13. The summed E-state index contributed by atoms with van der Waals surface area (Å²) in [5.41, 5.74) is 5.79. The van der Waals surface area contributed by atoms with Crippen molar-refractivity contribution in [3.63, 3.8) is 0 Å². The van der Waals surface area contributed by atoms with Crippen molar-refractivity contribution in [1.82, 2.24) is 4.90 Å². The molecule has 2 aliphatic heterocycles. The van der Waals surface area contributed by atoms with Gasteiger partial charge in [0, 0.05) is 25.3 Å². The maximum Gasteiger partial charge on any atom is 0.239 e. The second-order valence-electron chi connectivity index (χ2n) is 4.85. The van der Waals surface area contributed by atoms with E-state index in [1.807, 2.05) is 4.90 Å². The number of carbonyl (C=O) groups is 1. The molecule has 0 bridgehead atoms. The molecule has 2 fully saturated rings. The van der Waals surface area contributed by atoms with Crippen LogP contribution < -0.4 is 5.73 Å². The molecule has 1 amide bonds. The Morgan fingerprint density at radius 3 is 2.80 bits per heavy atom. The van der Waals surface area contributed by atoms with Crippen molar-refractivity contribution in [3.8, 4) is 0 Å². The van der Waals surface area contributed by atoms with Crippen molar-refractivity contribution in [2.75, 3.05) is 19.8 Å². The molecule has 86 valence electrons. The number of hydrogen-bond acceptors (Lipinski definition) is 3. The van der Waals surface area contributed by atoms with Gasteiger partial charge >= 0.3 is 0 Å². The molecule has 0 radical (unpaired) electrons. The van der Waals surface area contributed by atoms with E-state index in [2.05, 4.69) is 6.92 Å². The van der Waals surface area contributed by atoms with Gasteiger partial charge < -0.3 is 15.4 Å². The van der Waals surface area contributed by atoms with Gasteiger partial charge in [-0.05, 0) is 32.6 Å². The third kappa shape index (κ3) is 2.01. The van der Waals surface area contributed by atoms with Gasteiger partial charge in [0.2, 0.25) is 5.91 Å². The maximum atomic E-state index is 12.0. The number of nitrogens with zero attached hydrogens (tertiary/aromatic N) is 1. The highest BCUT2D eigenvalue weighted by Crippen LogP contribution is 2.30. The summed E-state index contributed by atoms with van der Waals surface area (Å²) in [4.78, 5) is 14.0. The van der Waals surface area contributed by atoms with E-state index in [0.717, 1.165) is 45.4 Å². The lowest BCUT2D eigenvalue weighted by molar-refractivity contribution is -0.145. The Labute approximate surface area is 90.8 Å². The van der Waals surface area contributed by atoms with Crippen molar-refractivity contribution < 1.29 is 9.53 Å². The van der Waals surface area contributed by atoms with Crippen LogP contribution in [0.4, 0.5) is 0 Å². The highest BCUT2D eigenvalue weighted by Gasteiger charge is 2.40. The third-order valence-corrected chi connectivity index (χ3v) is 3.70. The van der Waals surface area contributed by atoms with Crippen LogP contribution in [0.5, 0.6) is 0 Å². The van der Waals surface area contributed by atoms with Gasteiger partial charge in [-0.25, -0.2) is 0 Å². The second-order valence-corrected chi connectivity index (χ2v) is 4.85. The van der Waals surface area contributed by atoms with Crippen LogP contribution in [-0.2, 0) is 9.53 Å². The zero-order valence-electron chi connectivity index (χ0n) is 9.37. The summed E-state index contributed by atoms with van der Waals surface area (Å²) in [6.45, 7) is 4.54. The average molecular weight is 212 g/mol. The first-order valence-corrected chi connectivity index (χ1v) is 5.78. The van der Waals surface area contributed by atoms with Gasteiger partial charge in [-0.3, -0.25) is 4.79 Å². The van der Waals surface area contributed by atoms with Crippen molar-refractivity contribution in [2.45, 2.75) is 44.2 Å². The van der Waals surface area contributed by atoms with Crippen LogP contribution in [0.2, 0.25) is 0 Å². The van der Waals surface area contributed by atoms with Gasteiger partial charge in [0.1, 0.15) is 0 Å². The largest absolute Gasteiger partial charge is 0.381 e. The van der Waals surface area contributed by atoms with Crippen LogP contribution in [0.15, 0.2) is 0 Å². The van der Waals surface area contributed by atoms with Gasteiger partial charge in [-0.2, -0.15) is 0 Å². The normalized spacial score (nSPS) is 31.7. The van der Waals surface area contributed by atoms with E-state index >= 15 is 0 Å². The molecule has 1 atom stereocenters. The molecular weight excluding hydrogens is 192 g/mol. The number of nitrogens with two attached hydrogens (primary N) is 1. The van der Waals surface area contributed by atoms with Crippen molar-refractivity contribution in [2.24, 2.45) is 5.73 Å². The molecule has 0 aromatic rings. The molecule has 2 heterocycles. The quantitative estimate of drug-likeness (QED) is 0.689. The van der Waals surface area contributed by atoms with Crippen LogP contribution >= 0.6 is 0 Å². The summed E-state index contributed by atoms with van der Waals surface area (Å²) >= 11 is 0. The molecule has 0 aromatic carbocycles. The minimum atomic E-state index is -0.279. The van der Waals surface area contributed by atoms with Crippen molar-refractivity contribution in [1.29, 1.82) is 0 Å². The second kappa shape index (κ2) is 4.10. The average Bonchev–Trinajstić information content (AvgIpc) is 2.23. The molecule has 0 saturated carbocycles. The monoisotopic (exact) mass is 212 g/mol. The molecule has 0 aromatic heterocycles. The summed E-state index contributed by atoms with van der Waals surface area (Å²) in [6, 6.07) is -0.279. The molecule has 2 N–H and O–H groups in total. The van der Waals surface area contributed by atoms with E-state index in [-0.39, 0.29) is 17.5 Å². The minimum Gasteiger partial charge on any atom is -0.381 e. The van der Waals surface area contributed by atoms with Crippen LogP contribution in [-0.4, -0.2) is 42.1 Å². The fraction of sp³-hybridized carbons (Fsp3) is 0.909. The number of piperidine rings is 1. The lowest BCUT2D eigenvalue weighted by Gasteiger charge is -2.46. The van der Waals surface area contributed by atoms with E-state index < -0.39 is 0 Å². The first kappa shape index (κ1) is 10.9. The van der Waals surface area contributed by atoms with Crippen LogP contribution in [0.25, 0.3) is 0 Å². The van der Waals surface area contributed by atoms with Crippen LogP contribution in [0.3, 0.4) is 0 Å². The minimum absolute atomic E-state index is 0.0205. The predicted molar refractivity (Wildman–Crippen MR) is 57.4 cm³/mol. The van der Waals surface area contributed by atoms with Gasteiger partial charge in [0.05, 0.1) is 6.04 Å². The number of likely N-dealkylation sites (tertiary alicyclic amines) is 1. The van der Waals surface area contributed by atoms with Gasteiger partial charge in [-0.1, -0.05) is 0 Å². The Morgan fingerprint density at radius 1 is 1.47 bits per heavy atom. The standard InChI is InChI=1S/C11H20N2O2/c1-11(4-7-15-8-5-11)13-6-2-3-9(12)10(13)14/h9H,2-8,12H2,1H3. The van der Waals surface area contributed by atoms with Gasteiger partial charge in [0.25, 0.3) is 0 Å². The SMILES string of the molecule is CC1(N2CCCC(N)C2=O)CCOCC1. The third-order valence-electron chi connectivity index (χ3n) is 3.70. The van der Waals surface area contributed by atoms with Crippen LogP contribution in [0.1, 0.15) is 32.6 Å². The number of rotatable bonds is 1. The van der Waals surface area contributed by atoms with E-state index in [1.54, 1.807) is 0 Å². The molecule has 2 saturated heterocycles. The van der Waals surface area contributed by atoms with E-state index in [0.29, 0.717) is 0 Å². The highest BCUT2D eigenvalue weighted by molar-refractivity contribution is 5.83. The summed E-state index contributed by atoms with van der Waals surface area (Å²) in [6.07, 6.45) is 3.74. The van der Waals surface area contributed by atoms with Crippen molar-refractivity contribution >= 4 is 5.91 Å². The maximum absolute atomic E-state index is 12.0. The summed E-state index contributed by atoms with van der Waals surface area (Å²) in [5, 5.41) is 0. The smallest absolute Gasteiger partial charge is 0.239 e. The Balaban J connectivity index is 2.10. The summed E-state index contributed by atoms with van der Waals surface area (Å²) in [5.74, 6) is 0.130. The number of ether oxygens (including phenoxy) is 1. The number of amides is 1. The zero-order chi connectivity index (χ0) is 10.9. The van der Waals surface area contributed by atoms with Gasteiger partial charge in [-0.15, -0.1) is 0 Å². The molecule has 4 heteroatoms. The molecular formula is C11H20N2O2. The Hall–Kier alpha value is -0.610.